The first-order valence-corrected chi connectivity index (χ1v) is 7.37. The van der Waals surface area contributed by atoms with Crippen LogP contribution in [-0.2, 0) is 0 Å². The third-order valence-electron chi connectivity index (χ3n) is 4.03. The minimum absolute atomic E-state index is 0.789. The Kier molecular flexibility index (Phi) is 2.46. The van der Waals surface area contributed by atoms with E-state index in [-0.39, 0.29) is 0 Å². The van der Waals surface area contributed by atoms with Gasteiger partial charge in [-0.15, -0.1) is 0 Å². The molecule has 0 spiro atoms. The van der Waals surface area contributed by atoms with Gasteiger partial charge in [-0.25, -0.2) is 4.98 Å². The van der Waals surface area contributed by atoms with Gasteiger partial charge in [0.05, 0.1) is 11.4 Å². The Morgan fingerprint density at radius 3 is 2.74 bits per heavy atom. The normalized spacial score (nSPS) is 11.5. The van der Waals surface area contributed by atoms with Crippen LogP contribution < -0.4 is 0 Å². The van der Waals surface area contributed by atoms with E-state index in [1.807, 2.05) is 54.7 Å². The van der Waals surface area contributed by atoms with E-state index >= 15 is 0 Å². The van der Waals surface area contributed by atoms with Crippen molar-refractivity contribution in [2.24, 2.45) is 0 Å². The fourth-order valence-electron chi connectivity index (χ4n) is 2.94. The van der Waals surface area contributed by atoms with E-state index in [2.05, 4.69) is 9.97 Å². The summed E-state index contributed by atoms with van der Waals surface area (Å²) in [5.74, 6) is 0. The van der Waals surface area contributed by atoms with Crippen molar-refractivity contribution in [3.63, 3.8) is 0 Å². The van der Waals surface area contributed by atoms with Gasteiger partial charge in [0.15, 0.2) is 5.58 Å². The maximum atomic E-state index is 5.84. The molecule has 4 heterocycles. The van der Waals surface area contributed by atoms with Crippen LogP contribution in [0.25, 0.3) is 44.2 Å². The second kappa shape index (κ2) is 4.61. The van der Waals surface area contributed by atoms with Crippen LogP contribution in [0, 0.1) is 0 Å². The van der Waals surface area contributed by atoms with Crippen molar-refractivity contribution in [1.29, 1.82) is 0 Å². The highest BCUT2D eigenvalue weighted by molar-refractivity contribution is 6.03. The maximum absolute atomic E-state index is 5.84. The summed E-state index contributed by atoms with van der Waals surface area (Å²) in [5, 5.41) is 3.12. The number of nitrogens with zero attached hydrogens (tertiary/aromatic N) is 3. The van der Waals surface area contributed by atoms with Crippen LogP contribution in [0.5, 0.6) is 0 Å². The van der Waals surface area contributed by atoms with Crippen molar-refractivity contribution in [1.82, 2.24) is 15.0 Å². The fraction of sp³-hybridized carbons (Fsp3) is 0. The van der Waals surface area contributed by atoms with E-state index in [1.165, 1.54) is 0 Å². The Balaban J connectivity index is 1.84. The van der Waals surface area contributed by atoms with Crippen LogP contribution in [0.4, 0.5) is 0 Å². The fourth-order valence-corrected chi connectivity index (χ4v) is 2.94. The average molecular weight is 297 g/mol. The first-order chi connectivity index (χ1) is 11.4. The zero-order chi connectivity index (χ0) is 15.2. The topological polar surface area (TPSA) is 51.8 Å². The van der Waals surface area contributed by atoms with E-state index in [1.54, 1.807) is 12.4 Å². The molecule has 0 aliphatic heterocycles. The molecule has 0 amide bonds. The lowest BCUT2D eigenvalue weighted by atomic mass is 10.1. The zero-order valence-electron chi connectivity index (χ0n) is 12.1. The van der Waals surface area contributed by atoms with Crippen LogP contribution in [0.1, 0.15) is 0 Å². The maximum Gasteiger partial charge on any atom is 0.153 e. The van der Waals surface area contributed by atoms with E-state index in [9.17, 15) is 0 Å². The van der Waals surface area contributed by atoms with Gasteiger partial charge < -0.3 is 4.42 Å². The lowest BCUT2D eigenvalue weighted by molar-refractivity contribution is 0.668. The lowest BCUT2D eigenvalue weighted by Crippen LogP contribution is -1.89. The molecule has 4 aromatic heterocycles. The molecule has 0 unspecified atom stereocenters. The van der Waals surface area contributed by atoms with Gasteiger partial charge in [-0.2, -0.15) is 0 Å². The highest BCUT2D eigenvalue weighted by Gasteiger charge is 2.11. The van der Waals surface area contributed by atoms with Gasteiger partial charge in [0.25, 0.3) is 0 Å². The Hall–Kier alpha value is -3.27. The number of hydrogen-bond acceptors (Lipinski definition) is 4. The molecule has 4 heteroatoms. The highest BCUT2D eigenvalue weighted by atomic mass is 16.3. The largest absolute Gasteiger partial charge is 0.454 e. The van der Waals surface area contributed by atoms with Crippen LogP contribution >= 0.6 is 0 Å². The number of hydrogen-bond donors (Lipinski definition) is 0. The highest BCUT2D eigenvalue weighted by Crippen LogP contribution is 2.31. The summed E-state index contributed by atoms with van der Waals surface area (Å²) in [7, 11) is 0. The van der Waals surface area contributed by atoms with Gasteiger partial charge in [0, 0.05) is 34.7 Å². The summed E-state index contributed by atoms with van der Waals surface area (Å²) in [6.45, 7) is 0. The molecule has 4 nitrogen and oxygen atoms in total. The molecule has 0 bridgehead atoms. The molecule has 5 rings (SSSR count). The van der Waals surface area contributed by atoms with E-state index in [0.717, 1.165) is 44.2 Å². The van der Waals surface area contributed by atoms with Crippen LogP contribution in [0.3, 0.4) is 0 Å². The molecule has 0 fully saturated rings. The molecule has 0 N–H and O–H groups in total. The molecule has 1 aromatic carbocycles. The zero-order valence-corrected chi connectivity index (χ0v) is 12.1. The molecule has 0 saturated heterocycles. The van der Waals surface area contributed by atoms with Crippen LogP contribution in [-0.4, -0.2) is 15.0 Å². The van der Waals surface area contributed by atoms with Gasteiger partial charge in [-0.05, 0) is 36.4 Å². The minimum Gasteiger partial charge on any atom is -0.454 e. The monoisotopic (exact) mass is 297 g/mol. The Morgan fingerprint density at radius 1 is 0.783 bits per heavy atom. The van der Waals surface area contributed by atoms with Gasteiger partial charge in [0.1, 0.15) is 11.1 Å². The molecule has 0 aliphatic carbocycles. The van der Waals surface area contributed by atoms with Crippen molar-refractivity contribution in [3.8, 4) is 11.4 Å². The standard InChI is InChI=1S/C19H11N3O/c1-2-4-16-14(3-1)19-17(23-16)6-5-15(22-19)18-13-8-9-20-11-12(13)7-10-21-18/h1-11H. The summed E-state index contributed by atoms with van der Waals surface area (Å²) in [6, 6.07) is 15.8. The SMILES string of the molecule is c1ccc2c(c1)oc1ccc(-c3nccc4cnccc34)nc12. The predicted octanol–water partition coefficient (Wildman–Crippen LogP) is 4.59. The van der Waals surface area contributed by atoms with Gasteiger partial charge in [-0.1, -0.05) is 12.1 Å². The van der Waals surface area contributed by atoms with Crippen molar-refractivity contribution >= 4 is 32.8 Å². The number of para-hydroxylation sites is 1. The lowest BCUT2D eigenvalue weighted by Gasteiger charge is -2.04. The van der Waals surface area contributed by atoms with Crippen molar-refractivity contribution in [2.75, 3.05) is 0 Å². The first-order valence-electron chi connectivity index (χ1n) is 7.37. The number of pyridine rings is 3. The van der Waals surface area contributed by atoms with E-state index < -0.39 is 0 Å². The number of fused-ring (bicyclic) bond motifs is 4. The van der Waals surface area contributed by atoms with Gasteiger partial charge >= 0.3 is 0 Å². The minimum atomic E-state index is 0.789. The van der Waals surface area contributed by atoms with Crippen molar-refractivity contribution in [2.45, 2.75) is 0 Å². The summed E-state index contributed by atoms with van der Waals surface area (Å²) >= 11 is 0. The number of furan rings is 1. The second-order valence-corrected chi connectivity index (χ2v) is 5.40. The number of benzene rings is 1. The quantitative estimate of drug-likeness (QED) is 0.454. The van der Waals surface area contributed by atoms with Gasteiger partial charge in [-0.3, -0.25) is 9.97 Å². The van der Waals surface area contributed by atoms with Crippen LogP contribution in [0.2, 0.25) is 0 Å². The molecular weight excluding hydrogens is 286 g/mol. The summed E-state index contributed by atoms with van der Waals surface area (Å²) in [6.07, 6.45) is 5.41. The summed E-state index contributed by atoms with van der Waals surface area (Å²) in [4.78, 5) is 13.5. The molecular formula is C19H11N3O. The van der Waals surface area contributed by atoms with Crippen molar-refractivity contribution in [3.05, 3.63) is 67.1 Å². The van der Waals surface area contributed by atoms with Crippen LogP contribution in [0.15, 0.2) is 71.5 Å². The Labute approximate surface area is 131 Å². The number of aromatic nitrogens is 3. The smallest absolute Gasteiger partial charge is 0.153 e. The summed E-state index contributed by atoms with van der Waals surface area (Å²) in [5.41, 5.74) is 4.20. The Morgan fingerprint density at radius 2 is 1.74 bits per heavy atom. The van der Waals surface area contributed by atoms with E-state index in [4.69, 9.17) is 9.40 Å². The summed E-state index contributed by atoms with van der Waals surface area (Å²) < 4.78 is 5.84. The molecule has 108 valence electrons. The molecule has 0 aliphatic rings. The molecule has 0 saturated carbocycles. The van der Waals surface area contributed by atoms with Gasteiger partial charge in [0.2, 0.25) is 0 Å². The predicted molar refractivity (Wildman–Crippen MR) is 90.0 cm³/mol. The second-order valence-electron chi connectivity index (χ2n) is 5.40. The molecule has 23 heavy (non-hydrogen) atoms. The van der Waals surface area contributed by atoms with Crippen molar-refractivity contribution < 1.29 is 4.42 Å². The third kappa shape index (κ3) is 1.82. The van der Waals surface area contributed by atoms with E-state index in [0.29, 0.717) is 0 Å². The first kappa shape index (κ1) is 12.3. The average Bonchev–Trinajstić information content (AvgIpc) is 2.99. The molecule has 5 aromatic rings. The third-order valence-corrected chi connectivity index (χ3v) is 4.03. The Bertz CT molecular complexity index is 1170. The molecule has 0 atom stereocenters. The number of rotatable bonds is 1. The molecule has 0 radical (unpaired) electrons.